The lowest BCUT2D eigenvalue weighted by atomic mass is 10.2. The van der Waals surface area contributed by atoms with Crippen molar-refractivity contribution in [2.75, 3.05) is 32.1 Å². The van der Waals surface area contributed by atoms with Crippen LogP contribution in [0.5, 0.6) is 0 Å². The number of likely N-dealkylation sites (N-methyl/N-ethyl adjacent to an activating group) is 1. The van der Waals surface area contributed by atoms with E-state index in [9.17, 15) is 4.79 Å². The van der Waals surface area contributed by atoms with Gasteiger partial charge in [0.05, 0.1) is 24.0 Å². The average molecular weight is 336 g/mol. The standard InChI is InChI=1S/C19H20N4O2/c1-22-10-11-25-18(13-22)19(24)21-15-6-8-16(9-7-15)23-17-5-3-2-4-14(17)12-20-23/h2-9,12,18H,10-11,13H2,1H3,(H,21,24)/t18-/m0/s1. The number of hydrogen-bond acceptors (Lipinski definition) is 4. The molecule has 1 saturated heterocycles. The lowest BCUT2D eigenvalue weighted by Gasteiger charge is -2.29. The van der Waals surface area contributed by atoms with E-state index in [1.54, 1.807) is 0 Å². The predicted octanol–water partition coefficient (Wildman–Crippen LogP) is 2.29. The second-order valence-corrected chi connectivity index (χ2v) is 6.27. The number of fused-ring (bicyclic) bond motifs is 1. The van der Waals surface area contributed by atoms with E-state index in [1.165, 1.54) is 0 Å². The second-order valence-electron chi connectivity index (χ2n) is 6.27. The minimum absolute atomic E-state index is 0.108. The van der Waals surface area contributed by atoms with Crippen molar-refractivity contribution in [1.82, 2.24) is 14.7 Å². The van der Waals surface area contributed by atoms with E-state index in [4.69, 9.17) is 4.74 Å². The Bertz CT molecular complexity index is 888. The minimum Gasteiger partial charge on any atom is -0.366 e. The highest BCUT2D eigenvalue weighted by Gasteiger charge is 2.24. The summed E-state index contributed by atoms with van der Waals surface area (Å²) in [6, 6.07) is 15.7. The van der Waals surface area contributed by atoms with Crippen LogP contribution in [0.3, 0.4) is 0 Å². The largest absolute Gasteiger partial charge is 0.366 e. The second kappa shape index (κ2) is 6.66. The van der Waals surface area contributed by atoms with Gasteiger partial charge in [-0.1, -0.05) is 18.2 Å². The fraction of sp³-hybridized carbons (Fsp3) is 0.263. The Morgan fingerprint density at radius 2 is 2.00 bits per heavy atom. The van der Waals surface area contributed by atoms with E-state index in [-0.39, 0.29) is 5.91 Å². The van der Waals surface area contributed by atoms with Gasteiger partial charge in [0, 0.05) is 24.2 Å². The summed E-state index contributed by atoms with van der Waals surface area (Å²) < 4.78 is 7.43. The zero-order chi connectivity index (χ0) is 17.2. The quantitative estimate of drug-likeness (QED) is 0.797. The van der Waals surface area contributed by atoms with E-state index in [1.807, 2.05) is 66.5 Å². The Labute approximate surface area is 146 Å². The first-order valence-corrected chi connectivity index (χ1v) is 8.35. The maximum Gasteiger partial charge on any atom is 0.254 e. The maximum absolute atomic E-state index is 12.3. The van der Waals surface area contributed by atoms with E-state index in [0.29, 0.717) is 13.2 Å². The molecule has 2 aromatic carbocycles. The van der Waals surface area contributed by atoms with Crippen LogP contribution in [0.4, 0.5) is 5.69 Å². The highest BCUT2D eigenvalue weighted by atomic mass is 16.5. The number of amides is 1. The molecule has 4 rings (SSSR count). The summed E-state index contributed by atoms with van der Waals surface area (Å²) in [5.41, 5.74) is 2.76. The van der Waals surface area contributed by atoms with Crippen LogP contribution in [-0.4, -0.2) is 53.4 Å². The van der Waals surface area contributed by atoms with Crippen molar-refractivity contribution < 1.29 is 9.53 Å². The Morgan fingerprint density at radius 1 is 1.20 bits per heavy atom. The topological polar surface area (TPSA) is 59.4 Å². The Kier molecular flexibility index (Phi) is 4.21. The molecule has 2 heterocycles. The number of aromatic nitrogens is 2. The minimum atomic E-state index is -0.423. The number of morpholine rings is 1. The molecule has 1 aliphatic rings. The first-order chi connectivity index (χ1) is 12.2. The number of anilines is 1. The number of nitrogens with zero attached hydrogens (tertiary/aromatic N) is 3. The third-order valence-electron chi connectivity index (χ3n) is 4.42. The molecule has 1 aliphatic heterocycles. The lowest BCUT2D eigenvalue weighted by molar-refractivity contribution is -0.132. The van der Waals surface area contributed by atoms with Crippen LogP contribution in [-0.2, 0) is 9.53 Å². The summed E-state index contributed by atoms with van der Waals surface area (Å²) in [5.74, 6) is -0.108. The molecular weight excluding hydrogens is 316 g/mol. The number of carbonyl (C=O) groups excluding carboxylic acids is 1. The first-order valence-electron chi connectivity index (χ1n) is 8.35. The number of rotatable bonds is 3. The number of hydrogen-bond donors (Lipinski definition) is 1. The van der Waals surface area contributed by atoms with Gasteiger partial charge in [0.2, 0.25) is 0 Å². The predicted molar refractivity (Wildman–Crippen MR) is 96.9 cm³/mol. The molecule has 128 valence electrons. The van der Waals surface area contributed by atoms with E-state index in [2.05, 4.69) is 15.3 Å². The van der Waals surface area contributed by atoms with Gasteiger partial charge in [-0.25, -0.2) is 4.68 Å². The van der Waals surface area contributed by atoms with Crippen LogP contribution in [0.2, 0.25) is 0 Å². The Morgan fingerprint density at radius 3 is 2.80 bits per heavy atom. The number of ether oxygens (including phenoxy) is 1. The number of nitrogens with one attached hydrogen (secondary N) is 1. The van der Waals surface area contributed by atoms with Crippen LogP contribution in [0.1, 0.15) is 0 Å². The van der Waals surface area contributed by atoms with Crippen molar-refractivity contribution in [1.29, 1.82) is 0 Å². The smallest absolute Gasteiger partial charge is 0.254 e. The van der Waals surface area contributed by atoms with Crippen molar-refractivity contribution in [3.05, 3.63) is 54.7 Å². The van der Waals surface area contributed by atoms with Gasteiger partial charge < -0.3 is 15.0 Å². The van der Waals surface area contributed by atoms with E-state index >= 15 is 0 Å². The van der Waals surface area contributed by atoms with E-state index in [0.717, 1.165) is 28.8 Å². The third kappa shape index (κ3) is 3.26. The zero-order valence-electron chi connectivity index (χ0n) is 14.1. The molecule has 0 aliphatic carbocycles. The molecule has 0 spiro atoms. The zero-order valence-corrected chi connectivity index (χ0v) is 14.1. The number of benzene rings is 2. The van der Waals surface area contributed by atoms with Gasteiger partial charge >= 0.3 is 0 Å². The first kappa shape index (κ1) is 15.8. The highest BCUT2D eigenvalue weighted by Crippen LogP contribution is 2.19. The average Bonchev–Trinajstić information content (AvgIpc) is 3.06. The molecule has 0 saturated carbocycles. The summed E-state index contributed by atoms with van der Waals surface area (Å²) >= 11 is 0. The molecule has 0 unspecified atom stereocenters. The van der Waals surface area contributed by atoms with Crippen molar-refractivity contribution in [2.24, 2.45) is 0 Å². The monoisotopic (exact) mass is 336 g/mol. The summed E-state index contributed by atoms with van der Waals surface area (Å²) in [6.45, 7) is 2.05. The SMILES string of the molecule is CN1CCO[C@H](C(=O)Nc2ccc(-n3ncc4ccccc43)cc2)C1. The van der Waals surface area contributed by atoms with Gasteiger partial charge in [-0.05, 0) is 37.4 Å². The van der Waals surface area contributed by atoms with Gasteiger partial charge in [-0.15, -0.1) is 0 Å². The summed E-state index contributed by atoms with van der Waals surface area (Å²) in [6.07, 6.45) is 1.43. The highest BCUT2D eigenvalue weighted by molar-refractivity contribution is 5.94. The number of para-hydroxylation sites is 1. The van der Waals surface area contributed by atoms with Crippen LogP contribution < -0.4 is 5.32 Å². The third-order valence-corrected chi connectivity index (χ3v) is 4.42. The van der Waals surface area contributed by atoms with Gasteiger partial charge in [0.15, 0.2) is 0 Å². The van der Waals surface area contributed by atoms with Crippen molar-refractivity contribution >= 4 is 22.5 Å². The van der Waals surface area contributed by atoms with Crippen molar-refractivity contribution in [3.8, 4) is 5.69 Å². The van der Waals surface area contributed by atoms with E-state index < -0.39 is 6.10 Å². The molecule has 1 fully saturated rings. The van der Waals surface area contributed by atoms with Gasteiger partial charge in [-0.3, -0.25) is 4.79 Å². The molecule has 1 N–H and O–H groups in total. The molecular formula is C19H20N4O2. The molecule has 1 aromatic heterocycles. The fourth-order valence-corrected chi connectivity index (χ4v) is 3.02. The summed E-state index contributed by atoms with van der Waals surface area (Å²) in [7, 11) is 1.99. The van der Waals surface area contributed by atoms with Crippen molar-refractivity contribution in [2.45, 2.75) is 6.10 Å². The fourth-order valence-electron chi connectivity index (χ4n) is 3.02. The van der Waals surface area contributed by atoms with Crippen LogP contribution >= 0.6 is 0 Å². The normalized spacial score (nSPS) is 18.4. The molecule has 6 heteroatoms. The molecule has 3 aromatic rings. The molecule has 1 atom stereocenters. The Hall–Kier alpha value is -2.70. The molecule has 0 radical (unpaired) electrons. The lowest BCUT2D eigenvalue weighted by Crippen LogP contribution is -2.46. The molecule has 1 amide bonds. The Balaban J connectivity index is 1.49. The van der Waals surface area contributed by atoms with Crippen LogP contribution in [0.25, 0.3) is 16.6 Å². The molecule has 6 nitrogen and oxygen atoms in total. The van der Waals surface area contributed by atoms with Crippen LogP contribution in [0.15, 0.2) is 54.7 Å². The summed E-state index contributed by atoms with van der Waals surface area (Å²) in [5, 5.41) is 8.46. The van der Waals surface area contributed by atoms with Gasteiger partial charge in [-0.2, -0.15) is 5.10 Å². The maximum atomic E-state index is 12.3. The van der Waals surface area contributed by atoms with Gasteiger partial charge in [0.25, 0.3) is 5.91 Å². The summed E-state index contributed by atoms with van der Waals surface area (Å²) in [4.78, 5) is 14.4. The van der Waals surface area contributed by atoms with Crippen molar-refractivity contribution in [3.63, 3.8) is 0 Å². The molecule has 25 heavy (non-hydrogen) atoms. The molecule has 0 bridgehead atoms. The van der Waals surface area contributed by atoms with Crippen LogP contribution in [0, 0.1) is 0 Å². The number of carbonyl (C=O) groups is 1. The van der Waals surface area contributed by atoms with Gasteiger partial charge in [0.1, 0.15) is 6.10 Å².